The maximum atomic E-state index is 14.6. The maximum Gasteiger partial charge on any atom is 0.187 e. The zero-order valence-electron chi connectivity index (χ0n) is 65.5. The van der Waals surface area contributed by atoms with E-state index in [1.54, 1.807) is 6.07 Å². The Labute approximate surface area is 704 Å². The maximum absolute atomic E-state index is 14.6. The van der Waals surface area contributed by atoms with Crippen LogP contribution in [0.3, 0.4) is 0 Å². The number of aromatic nitrogens is 8. The van der Waals surface area contributed by atoms with E-state index in [1.807, 2.05) is 35.0 Å². The standard InChI is InChI=1S/C23H28BrClN2O.C23H19BrF2N2O2.C23H28Cl2N2O.C23H29ClN2O2/c24-18-9-10-19-17(14-18)15-20-22(21(28)13-16-7-3-1-4-8-16)26-27(23(19)20)12-6-2-5-11-25;24-14-6-8-16-20(11-14)30-23-21(19(29)10-13-4-2-1-3-5-13)27-28(22(16)23)18-9-7-15(25)12-17(18)26;24-11-5-2-6-12-27-23-19-10-9-18(25)14-17(19)15-20(23)22(26-27)21(28)13-16-7-3-1-4-8-16;1-16-10-11-18-20(14-16)28-23-21(19(27)15-17-8-4-2-5-9-17)25-26(22(18)23)13-7-3-6-12-24/h9-10,14,16H,1-8,11-13,15H2;6-9,11-13H,1-5,10H2;9-10,14,16H,1-8,11-13,15H2;10-11,14,17H,2-9,12-13,15H2,1H3. The molecule has 0 spiro atoms. The number of hydrogen-bond donors (Lipinski definition) is 0. The lowest BCUT2D eigenvalue weighted by molar-refractivity contribution is 0.0935. The molecule has 114 heavy (non-hydrogen) atoms. The molecule has 0 amide bonds. The van der Waals surface area contributed by atoms with Gasteiger partial charge in [-0.2, -0.15) is 20.4 Å². The lowest BCUT2D eigenvalue weighted by atomic mass is 9.85. The van der Waals surface area contributed by atoms with Crippen LogP contribution in [0.2, 0.25) is 5.02 Å². The second-order valence-electron chi connectivity index (χ2n) is 32.7. The van der Waals surface area contributed by atoms with Crippen LogP contribution in [0.1, 0.15) is 282 Å². The third-order valence-electron chi connectivity index (χ3n) is 24.2. The van der Waals surface area contributed by atoms with Gasteiger partial charge in [0.1, 0.15) is 45.1 Å². The first-order valence-electron chi connectivity index (χ1n) is 42.1. The Morgan fingerprint density at radius 2 is 0.851 bits per heavy atom. The first-order valence-corrected chi connectivity index (χ1v) is 45.6. The molecule has 0 unspecified atom stereocenters. The number of nitrogens with zero attached hydrogens (tertiary/aromatic N) is 8. The quantitative estimate of drug-likeness (QED) is 0.0262. The summed E-state index contributed by atoms with van der Waals surface area (Å²) in [6, 6.07) is 27.5. The van der Waals surface area contributed by atoms with Crippen molar-refractivity contribution in [2.75, 3.05) is 17.6 Å². The molecule has 4 saturated carbocycles. The zero-order chi connectivity index (χ0) is 79.4. The van der Waals surface area contributed by atoms with Gasteiger partial charge in [-0.15, -0.1) is 34.8 Å². The van der Waals surface area contributed by atoms with Gasteiger partial charge in [0.2, 0.25) is 0 Å². The number of alkyl halides is 3. The average molecular weight is 1760 g/mol. The number of aryl methyl sites for hydroxylation is 4. The molecular weight excluding hydrogens is 1650 g/mol. The Morgan fingerprint density at radius 3 is 1.35 bits per heavy atom. The first kappa shape index (κ1) is 83.7. The minimum atomic E-state index is -0.753. The molecule has 6 aliphatic carbocycles. The van der Waals surface area contributed by atoms with Gasteiger partial charge in [0, 0.05) is 129 Å². The summed E-state index contributed by atoms with van der Waals surface area (Å²) in [4.78, 5) is 52.6. The highest BCUT2D eigenvalue weighted by Gasteiger charge is 2.35. The number of Topliss-reactive ketones (excluding diaryl/α,β-unsaturated/α-hetero) is 4. The van der Waals surface area contributed by atoms with E-state index in [0.29, 0.717) is 106 Å². The van der Waals surface area contributed by atoms with E-state index in [9.17, 15) is 28.0 Å². The molecular formula is C92H104Br2Cl4F2N8O6. The van der Waals surface area contributed by atoms with Gasteiger partial charge in [0.05, 0.1) is 11.4 Å². The number of furan rings is 2. The van der Waals surface area contributed by atoms with E-state index in [0.717, 1.165) is 193 Å². The average Bonchev–Trinajstić information content (AvgIpc) is 1.60. The van der Waals surface area contributed by atoms with E-state index in [4.69, 9.17) is 70.5 Å². The predicted octanol–water partition coefficient (Wildman–Crippen LogP) is 27.1. The third kappa shape index (κ3) is 19.8. The topological polar surface area (TPSA) is 166 Å². The number of carbonyl (C=O) groups is 4. The Hall–Kier alpha value is -6.80. The lowest BCUT2D eigenvalue weighted by Crippen LogP contribution is -2.14. The van der Waals surface area contributed by atoms with Gasteiger partial charge in [-0.1, -0.05) is 209 Å². The van der Waals surface area contributed by atoms with E-state index >= 15 is 0 Å². The van der Waals surface area contributed by atoms with E-state index in [2.05, 4.69) is 89.6 Å². The van der Waals surface area contributed by atoms with Crippen molar-refractivity contribution >= 4 is 146 Å². The van der Waals surface area contributed by atoms with Crippen molar-refractivity contribution in [3.05, 3.63) is 167 Å². The predicted molar refractivity (Wildman–Crippen MR) is 462 cm³/mol. The SMILES string of the molecule is Cc1ccc2c(c1)oc1c(C(=O)CC3CCCCC3)nn(CCCCCCl)c12.O=C(CC1CCCCC1)c1nn(-c2ccc(F)cc2F)c2c1oc1cc(Br)ccc12.O=C(CC1CCCCC1)c1nn(CCCCCCl)c2c1Cc1cc(Br)ccc1-2.O=C(CC1CCCCC1)c1nn(CCCCCCl)c2c1Cc1cc(Cl)ccc1-2. The number of halogens is 8. The van der Waals surface area contributed by atoms with Crippen LogP contribution < -0.4 is 0 Å². The highest BCUT2D eigenvalue weighted by molar-refractivity contribution is 9.10. The summed E-state index contributed by atoms with van der Waals surface area (Å²) in [6.07, 6.45) is 37.4. The number of unbranched alkanes of at least 4 members (excludes halogenated alkanes) is 6. The molecule has 0 N–H and O–H groups in total. The molecule has 6 aromatic heterocycles. The number of carbonyl (C=O) groups excluding carboxylic acids is 4. The molecule has 22 heteroatoms. The third-order valence-corrected chi connectivity index (χ3v) is 26.3. The highest BCUT2D eigenvalue weighted by atomic mass is 79.9. The highest BCUT2D eigenvalue weighted by Crippen LogP contribution is 2.45. The van der Waals surface area contributed by atoms with Crippen LogP contribution in [0.4, 0.5) is 8.78 Å². The van der Waals surface area contributed by atoms with Gasteiger partial charge in [0.25, 0.3) is 0 Å². The van der Waals surface area contributed by atoms with Crippen LogP contribution in [-0.2, 0) is 32.5 Å². The summed E-state index contributed by atoms with van der Waals surface area (Å²) in [5, 5.41) is 21.3. The van der Waals surface area contributed by atoms with Gasteiger partial charge in [-0.3, -0.25) is 33.2 Å². The van der Waals surface area contributed by atoms with Crippen molar-refractivity contribution in [2.24, 2.45) is 23.7 Å². The molecule has 5 aromatic carbocycles. The summed E-state index contributed by atoms with van der Waals surface area (Å²) in [7, 11) is 0. The molecule has 11 aromatic rings. The van der Waals surface area contributed by atoms with Crippen LogP contribution in [0.25, 0.3) is 72.3 Å². The second-order valence-corrected chi connectivity index (χ2v) is 36.1. The number of hydrogen-bond acceptors (Lipinski definition) is 10. The Balaban J connectivity index is 0.000000126. The van der Waals surface area contributed by atoms with Crippen LogP contribution in [0, 0.1) is 42.2 Å². The molecule has 0 atom stereocenters. The smallest absolute Gasteiger partial charge is 0.187 e. The number of benzene rings is 5. The molecule has 14 nitrogen and oxygen atoms in total. The molecule has 0 bridgehead atoms. The summed E-state index contributed by atoms with van der Waals surface area (Å²) < 4.78 is 49.6. The molecule has 0 aliphatic heterocycles. The van der Waals surface area contributed by atoms with E-state index < -0.39 is 11.6 Å². The Bertz CT molecular complexity index is 5080. The number of ketones is 4. The zero-order valence-corrected chi connectivity index (χ0v) is 71.7. The Morgan fingerprint density at radius 1 is 0.439 bits per heavy atom. The molecule has 0 radical (unpaired) electrons. The van der Waals surface area contributed by atoms with Crippen molar-refractivity contribution in [3.63, 3.8) is 0 Å². The van der Waals surface area contributed by atoms with Gasteiger partial charge in [-0.05, 0) is 153 Å². The Kier molecular flexibility index (Phi) is 29.1. The van der Waals surface area contributed by atoms with E-state index in [-0.39, 0.29) is 34.5 Å². The van der Waals surface area contributed by atoms with Gasteiger partial charge >= 0.3 is 0 Å². The van der Waals surface area contributed by atoms with E-state index in [1.165, 1.54) is 135 Å². The van der Waals surface area contributed by atoms with Crippen LogP contribution in [0.5, 0.6) is 0 Å². The number of fused-ring (bicyclic) bond motifs is 12. The lowest BCUT2D eigenvalue weighted by Gasteiger charge is -2.20. The molecule has 6 aliphatic rings. The summed E-state index contributed by atoms with van der Waals surface area (Å²) in [5.41, 5.74) is 16.7. The molecule has 4 fully saturated rings. The van der Waals surface area contributed by atoms with Gasteiger partial charge in [0.15, 0.2) is 51.5 Å². The minimum absolute atomic E-state index is 0.0729. The van der Waals surface area contributed by atoms with Crippen molar-refractivity contribution < 1.29 is 36.8 Å². The summed E-state index contributed by atoms with van der Waals surface area (Å²) in [6.45, 7) is 4.52. The van der Waals surface area contributed by atoms with Gasteiger partial charge < -0.3 is 8.83 Å². The molecule has 604 valence electrons. The van der Waals surface area contributed by atoms with Crippen molar-refractivity contribution in [3.8, 4) is 28.2 Å². The first-order chi connectivity index (χ1) is 55.5. The molecule has 0 saturated heterocycles. The summed E-state index contributed by atoms with van der Waals surface area (Å²) >= 11 is 30.7. The number of rotatable bonds is 28. The van der Waals surface area contributed by atoms with Crippen molar-refractivity contribution in [1.82, 2.24) is 39.1 Å². The fraction of sp³-hybridized carbons (Fsp3) is 0.500. The van der Waals surface area contributed by atoms with Crippen LogP contribution in [-0.4, -0.2) is 79.9 Å². The largest absolute Gasteiger partial charge is 0.452 e. The molecule has 6 heterocycles. The summed E-state index contributed by atoms with van der Waals surface area (Å²) in [5.74, 6) is 3.08. The van der Waals surface area contributed by atoms with Crippen LogP contribution >= 0.6 is 78.3 Å². The normalized spacial score (nSPS) is 15.8. The molecule has 17 rings (SSSR count). The minimum Gasteiger partial charge on any atom is -0.452 e. The monoisotopic (exact) mass is 1750 g/mol. The second kappa shape index (κ2) is 39.6. The van der Waals surface area contributed by atoms with Gasteiger partial charge in [-0.25, -0.2) is 13.5 Å². The fourth-order valence-corrected chi connectivity index (χ4v) is 19.9. The fourth-order valence-electron chi connectivity index (χ4n) is 18.4. The van der Waals surface area contributed by atoms with Crippen molar-refractivity contribution in [1.29, 1.82) is 0 Å². The van der Waals surface area contributed by atoms with Crippen molar-refractivity contribution in [2.45, 2.75) is 251 Å². The van der Waals surface area contributed by atoms with Crippen LogP contribution in [0.15, 0.2) is 109 Å².